The summed E-state index contributed by atoms with van der Waals surface area (Å²) in [6.07, 6.45) is 3.53. The Hall–Kier alpha value is -1.81. The summed E-state index contributed by atoms with van der Waals surface area (Å²) < 4.78 is 0.965. The summed E-state index contributed by atoms with van der Waals surface area (Å²) in [5.41, 5.74) is 2.40. The Labute approximate surface area is 145 Å². The molecule has 1 fully saturated rings. The second-order valence-electron chi connectivity index (χ2n) is 6.11. The van der Waals surface area contributed by atoms with Crippen molar-refractivity contribution in [3.8, 4) is 0 Å². The second-order valence-corrected chi connectivity index (χ2v) is 6.96. The number of amides is 1. The maximum absolute atomic E-state index is 12.2. The molecule has 2 aromatic carbocycles. The molecule has 120 valence electrons. The zero-order valence-corrected chi connectivity index (χ0v) is 14.6. The van der Waals surface area contributed by atoms with Crippen molar-refractivity contribution in [2.24, 2.45) is 0 Å². The van der Waals surface area contributed by atoms with Crippen LogP contribution < -0.4 is 10.6 Å². The zero-order valence-electron chi connectivity index (χ0n) is 13.0. The SMILES string of the molecule is O=C(CNc1ccccc1Br)NCC1(c2ccccc2)CCC1. The number of nitrogens with one attached hydrogen (secondary N) is 2. The summed E-state index contributed by atoms with van der Waals surface area (Å²) in [5, 5.41) is 6.26. The van der Waals surface area contributed by atoms with Crippen molar-refractivity contribution in [3.05, 3.63) is 64.6 Å². The van der Waals surface area contributed by atoms with Crippen LogP contribution in [0.1, 0.15) is 24.8 Å². The number of benzene rings is 2. The number of carbonyl (C=O) groups excluding carboxylic acids is 1. The molecule has 1 aliphatic carbocycles. The molecule has 4 heteroatoms. The van der Waals surface area contributed by atoms with Crippen molar-refractivity contribution in [1.82, 2.24) is 5.32 Å². The van der Waals surface area contributed by atoms with Crippen molar-refractivity contribution in [1.29, 1.82) is 0 Å². The minimum absolute atomic E-state index is 0.0305. The third-order valence-electron chi connectivity index (χ3n) is 4.63. The molecule has 1 aliphatic rings. The van der Waals surface area contributed by atoms with Gasteiger partial charge in [-0.1, -0.05) is 48.9 Å². The van der Waals surface area contributed by atoms with Gasteiger partial charge in [-0.05, 0) is 46.5 Å². The van der Waals surface area contributed by atoms with Gasteiger partial charge in [-0.25, -0.2) is 0 Å². The molecule has 0 spiro atoms. The third-order valence-corrected chi connectivity index (χ3v) is 5.33. The Morgan fingerprint density at radius 1 is 1.04 bits per heavy atom. The zero-order chi connectivity index (χ0) is 16.1. The van der Waals surface area contributed by atoms with E-state index in [4.69, 9.17) is 0 Å². The molecule has 0 unspecified atom stereocenters. The quantitative estimate of drug-likeness (QED) is 0.801. The van der Waals surface area contributed by atoms with E-state index in [0.29, 0.717) is 6.54 Å². The van der Waals surface area contributed by atoms with Crippen molar-refractivity contribution in [2.75, 3.05) is 18.4 Å². The Bertz CT molecular complexity index is 668. The largest absolute Gasteiger partial charge is 0.375 e. The molecule has 0 atom stereocenters. The topological polar surface area (TPSA) is 41.1 Å². The van der Waals surface area contributed by atoms with Gasteiger partial charge in [0.05, 0.1) is 6.54 Å². The molecule has 0 heterocycles. The van der Waals surface area contributed by atoms with Crippen LogP contribution in [0.5, 0.6) is 0 Å². The van der Waals surface area contributed by atoms with Gasteiger partial charge in [-0.15, -0.1) is 0 Å². The van der Waals surface area contributed by atoms with Crippen molar-refractivity contribution >= 4 is 27.5 Å². The van der Waals surface area contributed by atoms with Crippen LogP contribution in [0.15, 0.2) is 59.1 Å². The second kappa shape index (κ2) is 7.18. The number of hydrogen-bond acceptors (Lipinski definition) is 2. The monoisotopic (exact) mass is 372 g/mol. The predicted molar refractivity (Wildman–Crippen MR) is 97.6 cm³/mol. The highest BCUT2D eigenvalue weighted by molar-refractivity contribution is 9.10. The van der Waals surface area contributed by atoms with E-state index in [9.17, 15) is 4.79 Å². The Morgan fingerprint density at radius 2 is 1.74 bits per heavy atom. The minimum atomic E-state index is 0.0305. The van der Waals surface area contributed by atoms with Gasteiger partial charge < -0.3 is 10.6 Å². The van der Waals surface area contributed by atoms with E-state index < -0.39 is 0 Å². The number of para-hydroxylation sites is 1. The lowest BCUT2D eigenvalue weighted by Gasteiger charge is -2.42. The fraction of sp³-hybridized carbons (Fsp3) is 0.316. The number of rotatable bonds is 6. The molecule has 23 heavy (non-hydrogen) atoms. The molecule has 0 aliphatic heterocycles. The standard InChI is InChI=1S/C19H21BrN2O/c20-16-9-4-5-10-17(16)21-13-18(23)22-14-19(11-6-12-19)15-7-2-1-3-8-15/h1-5,7-10,21H,6,11-14H2,(H,22,23). The van der Waals surface area contributed by atoms with Crippen LogP contribution in [0.3, 0.4) is 0 Å². The molecule has 0 saturated heterocycles. The van der Waals surface area contributed by atoms with Crippen LogP contribution in [0.2, 0.25) is 0 Å². The number of anilines is 1. The highest BCUT2D eigenvalue weighted by atomic mass is 79.9. The molecule has 1 amide bonds. The van der Waals surface area contributed by atoms with Gasteiger partial charge in [0, 0.05) is 22.1 Å². The van der Waals surface area contributed by atoms with Gasteiger partial charge in [-0.3, -0.25) is 4.79 Å². The molecular formula is C19H21BrN2O. The highest BCUT2D eigenvalue weighted by Crippen LogP contribution is 2.43. The first-order valence-electron chi connectivity index (χ1n) is 8.00. The van der Waals surface area contributed by atoms with E-state index in [2.05, 4.69) is 50.8 Å². The van der Waals surface area contributed by atoms with Crippen LogP contribution >= 0.6 is 15.9 Å². The molecule has 2 aromatic rings. The average molecular weight is 373 g/mol. The molecule has 3 rings (SSSR count). The van der Waals surface area contributed by atoms with Crippen molar-refractivity contribution in [3.63, 3.8) is 0 Å². The number of carbonyl (C=O) groups is 1. The lowest BCUT2D eigenvalue weighted by Crippen LogP contribution is -2.46. The Balaban J connectivity index is 1.53. The summed E-state index contributed by atoms with van der Waals surface area (Å²) in [6.45, 7) is 1.00. The number of hydrogen-bond donors (Lipinski definition) is 2. The fourth-order valence-corrected chi connectivity index (χ4v) is 3.50. The molecule has 1 saturated carbocycles. The van der Waals surface area contributed by atoms with E-state index in [-0.39, 0.29) is 17.9 Å². The van der Waals surface area contributed by atoms with Gasteiger partial charge in [0.15, 0.2) is 0 Å². The smallest absolute Gasteiger partial charge is 0.239 e. The van der Waals surface area contributed by atoms with Gasteiger partial charge in [0.1, 0.15) is 0 Å². The van der Waals surface area contributed by atoms with E-state index in [0.717, 1.165) is 23.0 Å². The summed E-state index contributed by atoms with van der Waals surface area (Å²) in [6, 6.07) is 18.3. The summed E-state index contributed by atoms with van der Waals surface area (Å²) >= 11 is 3.47. The first kappa shape index (κ1) is 16.1. The number of halogens is 1. The molecule has 3 nitrogen and oxygen atoms in total. The van der Waals surface area contributed by atoms with Gasteiger partial charge >= 0.3 is 0 Å². The van der Waals surface area contributed by atoms with Crippen LogP contribution in [-0.2, 0) is 10.2 Å². The maximum Gasteiger partial charge on any atom is 0.239 e. The normalized spacial score (nSPS) is 15.5. The van der Waals surface area contributed by atoms with Crippen LogP contribution in [0, 0.1) is 0 Å². The van der Waals surface area contributed by atoms with E-state index in [1.807, 2.05) is 30.3 Å². The first-order valence-corrected chi connectivity index (χ1v) is 8.80. The molecule has 0 aromatic heterocycles. The van der Waals surface area contributed by atoms with Crippen LogP contribution in [0.25, 0.3) is 0 Å². The maximum atomic E-state index is 12.2. The third kappa shape index (κ3) is 3.75. The Morgan fingerprint density at radius 3 is 2.39 bits per heavy atom. The highest BCUT2D eigenvalue weighted by Gasteiger charge is 2.38. The van der Waals surface area contributed by atoms with Crippen LogP contribution in [0.4, 0.5) is 5.69 Å². The predicted octanol–water partition coefficient (Wildman–Crippen LogP) is 4.10. The first-order chi connectivity index (χ1) is 11.2. The Kier molecular flexibility index (Phi) is 5.01. The van der Waals surface area contributed by atoms with Gasteiger partial charge in [-0.2, -0.15) is 0 Å². The van der Waals surface area contributed by atoms with Crippen LogP contribution in [-0.4, -0.2) is 19.0 Å². The molecule has 0 bridgehead atoms. The fourth-order valence-electron chi connectivity index (χ4n) is 3.07. The summed E-state index contributed by atoms with van der Waals surface area (Å²) in [7, 11) is 0. The van der Waals surface area contributed by atoms with E-state index in [1.165, 1.54) is 12.0 Å². The summed E-state index contributed by atoms with van der Waals surface area (Å²) in [5.74, 6) is 0.0305. The lowest BCUT2D eigenvalue weighted by atomic mass is 9.64. The molecule has 2 N–H and O–H groups in total. The molecule has 0 radical (unpaired) electrons. The van der Waals surface area contributed by atoms with E-state index >= 15 is 0 Å². The molecular weight excluding hydrogens is 352 g/mol. The lowest BCUT2D eigenvalue weighted by molar-refractivity contribution is -0.119. The van der Waals surface area contributed by atoms with Crippen molar-refractivity contribution < 1.29 is 4.79 Å². The average Bonchev–Trinajstić information content (AvgIpc) is 2.54. The van der Waals surface area contributed by atoms with Crippen molar-refractivity contribution in [2.45, 2.75) is 24.7 Å². The van der Waals surface area contributed by atoms with E-state index in [1.54, 1.807) is 0 Å². The van der Waals surface area contributed by atoms with Gasteiger partial charge in [0.2, 0.25) is 5.91 Å². The van der Waals surface area contributed by atoms with Gasteiger partial charge in [0.25, 0.3) is 0 Å². The summed E-state index contributed by atoms with van der Waals surface area (Å²) in [4.78, 5) is 12.2. The minimum Gasteiger partial charge on any atom is -0.375 e.